The molecule has 0 aliphatic rings. The average Bonchev–Trinajstić information content (AvgIpc) is 2.18. The van der Waals surface area contributed by atoms with Gasteiger partial charge in [-0.1, -0.05) is 0 Å². The predicted molar refractivity (Wildman–Crippen MR) is 60.5 cm³/mol. The van der Waals surface area contributed by atoms with Crippen molar-refractivity contribution in [2.75, 3.05) is 13.7 Å². The van der Waals surface area contributed by atoms with E-state index in [-0.39, 0.29) is 6.10 Å². The highest BCUT2D eigenvalue weighted by Crippen LogP contribution is 2.21. The maximum atomic E-state index is 5.79. The minimum atomic E-state index is 0.0127. The third kappa shape index (κ3) is 3.68. The lowest BCUT2D eigenvalue weighted by Crippen LogP contribution is -2.18. The lowest BCUT2D eigenvalue weighted by atomic mass is 10.2. The van der Waals surface area contributed by atoms with Crippen LogP contribution in [0.15, 0.2) is 12.3 Å². The normalized spacial score (nSPS) is 12.5. The molecule has 0 aromatic carbocycles. The molecular formula is C11H16ClNO2. The van der Waals surface area contributed by atoms with Crippen molar-refractivity contribution in [1.29, 1.82) is 0 Å². The van der Waals surface area contributed by atoms with Gasteiger partial charge in [0.25, 0.3) is 0 Å². The fourth-order valence-electron chi connectivity index (χ4n) is 1.26. The first-order chi connectivity index (χ1) is 7.17. The van der Waals surface area contributed by atoms with E-state index in [1.807, 2.05) is 19.9 Å². The first kappa shape index (κ1) is 12.3. The SMILES string of the molecule is COCC(C)Oc1cc(C)ncc1CCl. The molecule has 0 radical (unpaired) electrons. The minimum Gasteiger partial charge on any atom is -0.488 e. The second-order valence-corrected chi connectivity index (χ2v) is 3.72. The molecule has 0 saturated carbocycles. The van der Waals surface area contributed by atoms with E-state index < -0.39 is 0 Å². The first-order valence-corrected chi connectivity index (χ1v) is 5.38. The second-order valence-electron chi connectivity index (χ2n) is 3.45. The Balaban J connectivity index is 2.77. The Morgan fingerprint density at radius 1 is 1.53 bits per heavy atom. The number of alkyl halides is 1. The van der Waals surface area contributed by atoms with Crippen molar-refractivity contribution in [1.82, 2.24) is 4.98 Å². The summed E-state index contributed by atoms with van der Waals surface area (Å²) in [6.45, 7) is 4.44. The lowest BCUT2D eigenvalue weighted by molar-refractivity contribution is 0.0914. The Kier molecular flexibility index (Phi) is 4.85. The van der Waals surface area contributed by atoms with Crippen LogP contribution >= 0.6 is 11.6 Å². The Bertz CT molecular complexity index is 317. The molecule has 3 nitrogen and oxygen atoms in total. The van der Waals surface area contributed by atoms with Crippen molar-refractivity contribution in [3.8, 4) is 5.75 Å². The second kappa shape index (κ2) is 5.93. The number of halogens is 1. The molecule has 84 valence electrons. The van der Waals surface area contributed by atoms with Crippen LogP contribution in [0.1, 0.15) is 18.2 Å². The van der Waals surface area contributed by atoms with Gasteiger partial charge in [-0.2, -0.15) is 0 Å². The van der Waals surface area contributed by atoms with Gasteiger partial charge in [0, 0.05) is 30.6 Å². The maximum Gasteiger partial charge on any atom is 0.127 e. The molecule has 0 amide bonds. The quantitative estimate of drug-likeness (QED) is 0.728. The standard InChI is InChI=1S/C11H16ClNO2/c1-8-4-11(10(5-12)6-13-8)15-9(2)7-14-3/h4,6,9H,5,7H2,1-3H3. The molecule has 1 unspecified atom stereocenters. The maximum absolute atomic E-state index is 5.79. The molecule has 0 aliphatic carbocycles. The summed E-state index contributed by atoms with van der Waals surface area (Å²) in [4.78, 5) is 4.17. The zero-order valence-corrected chi connectivity index (χ0v) is 10.0. The lowest BCUT2D eigenvalue weighted by Gasteiger charge is -2.16. The van der Waals surface area contributed by atoms with Crippen LogP contribution in [-0.4, -0.2) is 24.8 Å². The number of hydrogen-bond acceptors (Lipinski definition) is 3. The highest BCUT2D eigenvalue weighted by molar-refractivity contribution is 6.17. The summed E-state index contributed by atoms with van der Waals surface area (Å²) in [7, 11) is 1.65. The smallest absolute Gasteiger partial charge is 0.127 e. The fourth-order valence-corrected chi connectivity index (χ4v) is 1.46. The van der Waals surface area contributed by atoms with Crippen LogP contribution in [0.25, 0.3) is 0 Å². The fraction of sp³-hybridized carbons (Fsp3) is 0.545. The molecule has 0 aliphatic heterocycles. The molecule has 0 fully saturated rings. The molecule has 1 aromatic rings. The van der Waals surface area contributed by atoms with Gasteiger partial charge in [0.2, 0.25) is 0 Å². The molecular weight excluding hydrogens is 214 g/mol. The van der Waals surface area contributed by atoms with E-state index in [1.165, 1.54) is 0 Å². The molecule has 1 aromatic heterocycles. The number of rotatable bonds is 5. The molecule has 4 heteroatoms. The molecule has 1 heterocycles. The molecule has 1 rings (SSSR count). The van der Waals surface area contributed by atoms with Crippen LogP contribution in [0.3, 0.4) is 0 Å². The van der Waals surface area contributed by atoms with Gasteiger partial charge in [0.1, 0.15) is 11.9 Å². The molecule has 0 bridgehead atoms. The summed E-state index contributed by atoms with van der Waals surface area (Å²) >= 11 is 5.79. The number of nitrogens with zero attached hydrogens (tertiary/aromatic N) is 1. The Morgan fingerprint density at radius 3 is 2.87 bits per heavy atom. The van der Waals surface area contributed by atoms with E-state index >= 15 is 0 Å². The summed E-state index contributed by atoms with van der Waals surface area (Å²) in [6.07, 6.45) is 1.76. The number of methoxy groups -OCH3 is 1. The highest BCUT2D eigenvalue weighted by atomic mass is 35.5. The van der Waals surface area contributed by atoms with Gasteiger partial charge >= 0.3 is 0 Å². The number of pyridine rings is 1. The first-order valence-electron chi connectivity index (χ1n) is 4.84. The van der Waals surface area contributed by atoms with E-state index in [0.717, 1.165) is 17.0 Å². The summed E-state index contributed by atoms with van der Waals surface area (Å²) < 4.78 is 10.7. The summed E-state index contributed by atoms with van der Waals surface area (Å²) in [6, 6.07) is 1.89. The highest BCUT2D eigenvalue weighted by Gasteiger charge is 2.08. The van der Waals surface area contributed by atoms with Crippen LogP contribution in [-0.2, 0) is 10.6 Å². The number of aryl methyl sites for hydroxylation is 1. The predicted octanol–water partition coefficient (Wildman–Crippen LogP) is 2.54. The average molecular weight is 230 g/mol. The molecule has 15 heavy (non-hydrogen) atoms. The Morgan fingerprint density at radius 2 is 2.27 bits per heavy atom. The van der Waals surface area contributed by atoms with Crippen molar-refractivity contribution >= 4 is 11.6 Å². The largest absolute Gasteiger partial charge is 0.488 e. The number of ether oxygens (including phenoxy) is 2. The van der Waals surface area contributed by atoms with Crippen molar-refractivity contribution in [3.63, 3.8) is 0 Å². The van der Waals surface area contributed by atoms with Crippen molar-refractivity contribution in [3.05, 3.63) is 23.5 Å². The monoisotopic (exact) mass is 229 g/mol. The van der Waals surface area contributed by atoms with Gasteiger partial charge in [0.05, 0.1) is 12.5 Å². The summed E-state index contributed by atoms with van der Waals surface area (Å²) in [5.41, 5.74) is 1.83. The van der Waals surface area contributed by atoms with Gasteiger partial charge in [0.15, 0.2) is 0 Å². The molecule has 0 saturated heterocycles. The van der Waals surface area contributed by atoms with Crippen molar-refractivity contribution in [2.45, 2.75) is 25.8 Å². The number of hydrogen-bond donors (Lipinski definition) is 0. The van der Waals surface area contributed by atoms with Gasteiger partial charge in [-0.05, 0) is 13.8 Å². The van der Waals surface area contributed by atoms with Crippen molar-refractivity contribution < 1.29 is 9.47 Å². The van der Waals surface area contributed by atoms with Crippen molar-refractivity contribution in [2.24, 2.45) is 0 Å². The van der Waals surface area contributed by atoms with Crippen LogP contribution in [0.4, 0.5) is 0 Å². The van der Waals surface area contributed by atoms with E-state index in [2.05, 4.69) is 4.98 Å². The van der Waals surface area contributed by atoms with Crippen LogP contribution in [0, 0.1) is 6.92 Å². The number of aromatic nitrogens is 1. The Labute approximate surface area is 95.4 Å². The Hall–Kier alpha value is -0.800. The van der Waals surface area contributed by atoms with Crippen LogP contribution in [0.2, 0.25) is 0 Å². The summed E-state index contributed by atoms with van der Waals surface area (Å²) in [5.74, 6) is 1.20. The molecule has 1 atom stereocenters. The molecule has 0 N–H and O–H groups in total. The van der Waals surface area contributed by atoms with Gasteiger partial charge in [-0.15, -0.1) is 11.6 Å². The van der Waals surface area contributed by atoms with Gasteiger partial charge in [-0.3, -0.25) is 4.98 Å². The third-order valence-electron chi connectivity index (χ3n) is 1.95. The topological polar surface area (TPSA) is 31.4 Å². The third-order valence-corrected chi connectivity index (χ3v) is 2.24. The van der Waals surface area contributed by atoms with Gasteiger partial charge in [-0.25, -0.2) is 0 Å². The van der Waals surface area contributed by atoms with E-state index in [9.17, 15) is 0 Å². The molecule has 0 spiro atoms. The van der Waals surface area contributed by atoms with Gasteiger partial charge < -0.3 is 9.47 Å². The van der Waals surface area contributed by atoms with E-state index in [1.54, 1.807) is 13.3 Å². The van der Waals surface area contributed by atoms with E-state index in [4.69, 9.17) is 21.1 Å². The summed E-state index contributed by atoms with van der Waals surface area (Å²) in [5, 5.41) is 0. The zero-order chi connectivity index (χ0) is 11.3. The van der Waals surface area contributed by atoms with E-state index in [0.29, 0.717) is 12.5 Å². The van der Waals surface area contributed by atoms with Crippen LogP contribution < -0.4 is 4.74 Å². The minimum absolute atomic E-state index is 0.0127. The zero-order valence-electron chi connectivity index (χ0n) is 9.29. The van der Waals surface area contributed by atoms with Crippen LogP contribution in [0.5, 0.6) is 5.75 Å².